The van der Waals surface area contributed by atoms with E-state index in [1.807, 2.05) is 0 Å². The van der Waals surface area contributed by atoms with Crippen molar-refractivity contribution in [1.82, 2.24) is 0 Å². The molecule has 93 heavy (non-hydrogen) atoms. The van der Waals surface area contributed by atoms with E-state index in [1.165, 1.54) is 66.8 Å². The van der Waals surface area contributed by atoms with Crippen LogP contribution in [-0.2, 0) is 64.3 Å². The van der Waals surface area contributed by atoms with E-state index in [4.69, 9.17) is 0 Å². The van der Waals surface area contributed by atoms with Crippen LogP contribution in [0.5, 0.6) is 0 Å². The second-order valence-corrected chi connectivity index (χ2v) is 73.5. The molecule has 0 spiro atoms. The van der Waals surface area contributed by atoms with Gasteiger partial charge in [0.15, 0.2) is 0 Å². The Bertz CT molecular complexity index is 3130. The zero-order valence-corrected chi connectivity index (χ0v) is 65.7. The molecule has 0 fully saturated rings. The first-order valence-electron chi connectivity index (χ1n) is 33.0. The molecule has 0 saturated heterocycles. The van der Waals surface area contributed by atoms with Gasteiger partial charge in [0, 0.05) is 0 Å². The van der Waals surface area contributed by atoms with Gasteiger partial charge in [-0.05, 0) is 0 Å². The van der Waals surface area contributed by atoms with Crippen LogP contribution in [0.15, 0.2) is 364 Å². The molecular weight excluding hydrogens is 1580 g/mol. The van der Waals surface area contributed by atoms with Crippen molar-refractivity contribution >= 4 is 84.2 Å². The maximum absolute atomic E-state index is 9.58. The van der Waals surface area contributed by atoms with Crippen LogP contribution in [0.4, 0.5) is 0 Å². The molecule has 0 unspecified atom stereocenters. The summed E-state index contributed by atoms with van der Waals surface area (Å²) in [6.45, 7) is 0. The van der Waals surface area contributed by atoms with E-state index < -0.39 is 84.2 Å². The van der Waals surface area contributed by atoms with Crippen molar-refractivity contribution < 1.29 is 11.1 Å². The predicted octanol–water partition coefficient (Wildman–Crippen LogP) is 18.7. The molecule has 0 aliphatic heterocycles. The van der Waals surface area contributed by atoms with Crippen LogP contribution < -0.4 is 0 Å². The van der Waals surface area contributed by atoms with Crippen molar-refractivity contribution in [1.29, 1.82) is 0 Å². The topological polar surface area (TPSA) is 36.9 Å². The van der Waals surface area contributed by atoms with Crippen LogP contribution in [-0.4, -0.2) is 84.2 Å². The summed E-state index contributed by atoms with van der Waals surface area (Å²) in [5.74, 6) is 0. The number of rotatable bonds is 32. The third-order valence-corrected chi connectivity index (χ3v) is 80.0. The van der Waals surface area contributed by atoms with Gasteiger partial charge in [-0.2, -0.15) is 0 Å². The van der Waals surface area contributed by atoms with E-state index in [2.05, 4.69) is 364 Å². The van der Waals surface area contributed by atoms with E-state index >= 15 is 0 Å². The van der Waals surface area contributed by atoms with Gasteiger partial charge in [0.1, 0.15) is 0 Å². The monoisotopic (exact) mass is 1660 g/mol. The van der Waals surface area contributed by atoms with Gasteiger partial charge in [-0.15, -0.1) is 0 Å². The Morgan fingerprint density at radius 2 is 0.226 bits per heavy atom. The number of benzene rings is 12. The van der Waals surface area contributed by atoms with Crippen molar-refractivity contribution in [2.75, 3.05) is 0 Å². The zero-order valence-electron chi connectivity index (χ0n) is 53.3. The van der Waals surface area contributed by atoms with E-state index in [0.717, 1.165) is 53.2 Å². The molecular formula is C84H84O4SiSn4. The first-order chi connectivity index (χ1) is 45.8. The fraction of sp³-hybridized carbons (Fsp3) is 0.143. The van der Waals surface area contributed by atoms with Gasteiger partial charge in [0.25, 0.3) is 0 Å². The van der Waals surface area contributed by atoms with Crippen LogP contribution >= 0.6 is 0 Å². The summed E-state index contributed by atoms with van der Waals surface area (Å²) in [5.41, 5.74) is 15.3. The first-order valence-corrected chi connectivity index (χ1v) is 63.6. The summed E-state index contributed by atoms with van der Waals surface area (Å²) in [6, 6.07) is 135. The molecule has 0 aliphatic carbocycles. The van der Waals surface area contributed by atoms with Crippen molar-refractivity contribution in [2.24, 2.45) is 0 Å². The Morgan fingerprint density at radius 3 is 0.312 bits per heavy atom. The summed E-state index contributed by atoms with van der Waals surface area (Å²) in [5, 5.41) is 0. The molecule has 0 bridgehead atoms. The molecule has 0 radical (unpaired) electrons. The van der Waals surface area contributed by atoms with Gasteiger partial charge >= 0.3 is 579 Å². The van der Waals surface area contributed by atoms with E-state index in [0.29, 0.717) is 0 Å². The number of hydrogen-bond donors (Lipinski definition) is 0. The summed E-state index contributed by atoms with van der Waals surface area (Å²) >= 11 is -19.1. The molecule has 0 N–H and O–H groups in total. The Balaban J connectivity index is 1.24. The Kier molecular flexibility index (Phi) is 24.1. The van der Waals surface area contributed by atoms with Gasteiger partial charge in [0.2, 0.25) is 0 Å². The van der Waals surface area contributed by atoms with Gasteiger partial charge < -0.3 is 0 Å². The van der Waals surface area contributed by atoms with Crippen LogP contribution in [0.2, 0.25) is 0 Å². The summed E-state index contributed by atoms with van der Waals surface area (Å²) < 4.78 is 47.7. The Hall–Kier alpha value is -6.11. The number of hydrogen-bond acceptors (Lipinski definition) is 4. The van der Waals surface area contributed by atoms with Gasteiger partial charge in [-0.1, -0.05) is 0 Å². The molecule has 0 atom stereocenters. The Morgan fingerprint density at radius 1 is 0.140 bits per heavy atom. The van der Waals surface area contributed by atoms with Crippen LogP contribution in [0.25, 0.3) is 0 Å². The molecule has 0 aromatic heterocycles. The van der Waals surface area contributed by atoms with Gasteiger partial charge in [-0.25, -0.2) is 0 Å². The molecule has 4 nitrogen and oxygen atoms in total. The SMILES string of the molecule is c1ccc([CH2][Sn]([CH2]c2ccccc2)([CH2]c2ccccc2)[O][Si]([O][Sn]([CH2]c2ccccc2)([CH2]c2ccccc2)[CH2]c2ccccc2)([O][Sn]([CH2]c2ccccc2)([CH2]c2ccccc2)[CH2]c2ccccc2)[O][Sn]([CH2]c2ccccc2)([CH2]c2ccccc2)[CH2]c2ccccc2)cc1. The third kappa shape index (κ3) is 20.0. The minimum absolute atomic E-state index is 0.778. The standard InChI is InChI=1S/12C7H7.O4Si.4Sn/c12*1-7-5-3-2-4-6-7;1-5(2,3)4;;;;/h12*2-6H,1H2;;;;;/q;;;;;;;;;;;;-4;4*+1. The third-order valence-electron chi connectivity index (χ3n) is 17.8. The van der Waals surface area contributed by atoms with Gasteiger partial charge in [0.05, 0.1) is 0 Å². The van der Waals surface area contributed by atoms with Crippen LogP contribution in [0, 0.1) is 0 Å². The van der Waals surface area contributed by atoms with Crippen molar-refractivity contribution in [2.45, 2.75) is 53.2 Å². The minimum atomic E-state index is -4.81. The molecule has 0 heterocycles. The van der Waals surface area contributed by atoms with Gasteiger partial charge in [-0.3, -0.25) is 0 Å². The summed E-state index contributed by atoms with van der Waals surface area (Å²) in [6.07, 6.45) is 0. The summed E-state index contributed by atoms with van der Waals surface area (Å²) in [7, 11) is -4.81. The van der Waals surface area contributed by atoms with E-state index in [1.54, 1.807) is 0 Å². The molecule has 9 heteroatoms. The molecule has 12 aromatic carbocycles. The molecule has 464 valence electrons. The fourth-order valence-corrected chi connectivity index (χ4v) is 97.1. The molecule has 0 aliphatic rings. The average Bonchev–Trinajstić information content (AvgIpc) is 0.750. The second-order valence-electron chi connectivity index (χ2n) is 25.6. The molecule has 12 rings (SSSR count). The molecule has 12 aromatic rings. The van der Waals surface area contributed by atoms with Crippen molar-refractivity contribution in [3.8, 4) is 0 Å². The molecule has 0 saturated carbocycles. The van der Waals surface area contributed by atoms with E-state index in [9.17, 15) is 11.1 Å². The maximum atomic E-state index is 9.58. The average molecular weight is 1660 g/mol. The molecule has 0 amide bonds. The second kappa shape index (κ2) is 33.5. The summed E-state index contributed by atoms with van der Waals surface area (Å²) in [4.78, 5) is 0. The predicted molar refractivity (Wildman–Crippen MR) is 395 cm³/mol. The zero-order chi connectivity index (χ0) is 63.2. The van der Waals surface area contributed by atoms with Crippen LogP contribution in [0.1, 0.15) is 66.8 Å². The first kappa shape index (κ1) is 66.9. The van der Waals surface area contributed by atoms with Crippen molar-refractivity contribution in [3.63, 3.8) is 0 Å². The quantitative estimate of drug-likeness (QED) is 0.0394. The normalized spacial score (nSPS) is 12.1. The fourth-order valence-electron chi connectivity index (χ4n) is 14.0. The Labute approximate surface area is 572 Å². The van der Waals surface area contributed by atoms with Crippen LogP contribution in [0.3, 0.4) is 0 Å². The van der Waals surface area contributed by atoms with E-state index in [-0.39, 0.29) is 0 Å². The van der Waals surface area contributed by atoms with Crippen molar-refractivity contribution in [3.05, 3.63) is 431 Å².